The van der Waals surface area contributed by atoms with Crippen molar-refractivity contribution in [2.45, 2.75) is 26.7 Å². The van der Waals surface area contributed by atoms with E-state index in [1.54, 1.807) is 13.1 Å². The minimum atomic E-state index is -0.0698. The number of carbonyl (C=O) groups excluding carboxylic acids is 1. The average molecular weight is 483 g/mol. The number of ether oxygens (including phenoxy) is 1. The largest absolute Gasteiger partial charge is 0.382 e. The molecule has 0 aromatic heterocycles. The highest BCUT2D eigenvalue weighted by Gasteiger charge is 2.07. The maximum absolute atomic E-state index is 12.0. The van der Waals surface area contributed by atoms with Crippen LogP contribution in [0.1, 0.15) is 25.3 Å². The third kappa shape index (κ3) is 9.86. The predicted octanol–water partition coefficient (Wildman–Crippen LogP) is 3.19. The molecule has 3 N–H and O–H groups in total. The summed E-state index contributed by atoms with van der Waals surface area (Å²) in [5.41, 5.74) is 1.61. The van der Waals surface area contributed by atoms with Crippen molar-refractivity contribution in [2.24, 2.45) is 4.99 Å². The summed E-state index contributed by atoms with van der Waals surface area (Å²) < 4.78 is 5.27. The number of amides is 1. The second-order valence-corrected chi connectivity index (χ2v) is 5.59. The van der Waals surface area contributed by atoms with Gasteiger partial charge >= 0.3 is 0 Å². The lowest BCUT2D eigenvalue weighted by Crippen LogP contribution is -2.39. The summed E-state index contributed by atoms with van der Waals surface area (Å²) in [7, 11) is 1.70. The Morgan fingerprint density at radius 3 is 2.68 bits per heavy atom. The second kappa shape index (κ2) is 14.1. The maximum Gasteiger partial charge on any atom is 0.226 e. The van der Waals surface area contributed by atoms with Gasteiger partial charge in [0.1, 0.15) is 0 Å². The Bertz CT molecular complexity index is 555. The van der Waals surface area contributed by atoms with Gasteiger partial charge in [-0.15, -0.1) is 24.0 Å². The fourth-order valence-electron chi connectivity index (χ4n) is 2.00. The third-order valence-corrected chi connectivity index (χ3v) is 3.78. The van der Waals surface area contributed by atoms with Crippen LogP contribution in [-0.2, 0) is 9.53 Å². The first-order valence-corrected chi connectivity index (χ1v) is 8.53. The number of anilines is 1. The Morgan fingerprint density at radius 2 is 2.00 bits per heavy atom. The Hall–Kier alpha value is -1.06. The van der Waals surface area contributed by atoms with E-state index in [4.69, 9.17) is 16.3 Å². The highest BCUT2D eigenvalue weighted by Crippen LogP contribution is 2.22. The Labute approximate surface area is 172 Å². The number of rotatable bonds is 9. The average Bonchev–Trinajstić information content (AvgIpc) is 2.57. The number of nitrogens with one attached hydrogen (secondary N) is 3. The number of hydrogen-bond acceptors (Lipinski definition) is 3. The van der Waals surface area contributed by atoms with Crippen LogP contribution in [0, 0.1) is 6.92 Å². The highest BCUT2D eigenvalue weighted by molar-refractivity contribution is 14.0. The maximum atomic E-state index is 12.0. The van der Waals surface area contributed by atoms with Crippen LogP contribution in [0.5, 0.6) is 0 Å². The first-order valence-electron chi connectivity index (χ1n) is 8.15. The van der Waals surface area contributed by atoms with Crippen LogP contribution in [0.4, 0.5) is 5.69 Å². The summed E-state index contributed by atoms with van der Waals surface area (Å²) in [6.45, 7) is 6.58. The van der Waals surface area contributed by atoms with Crippen LogP contribution < -0.4 is 16.0 Å². The van der Waals surface area contributed by atoms with Crippen LogP contribution >= 0.6 is 35.6 Å². The first-order chi connectivity index (χ1) is 11.6. The van der Waals surface area contributed by atoms with Crippen molar-refractivity contribution in [1.82, 2.24) is 10.6 Å². The first kappa shape index (κ1) is 23.9. The molecule has 0 unspecified atom stereocenters. The summed E-state index contributed by atoms with van der Waals surface area (Å²) in [5, 5.41) is 9.80. The molecule has 0 aliphatic heterocycles. The zero-order valence-corrected chi connectivity index (χ0v) is 18.1. The number of benzene rings is 1. The summed E-state index contributed by atoms with van der Waals surface area (Å²) in [6.07, 6.45) is 1.24. The van der Waals surface area contributed by atoms with Gasteiger partial charge in [0.2, 0.25) is 5.91 Å². The number of halogens is 2. The zero-order valence-electron chi connectivity index (χ0n) is 15.0. The second-order valence-electron chi connectivity index (χ2n) is 5.19. The number of carbonyl (C=O) groups is 1. The molecule has 1 amide bonds. The van der Waals surface area contributed by atoms with Gasteiger partial charge in [0.05, 0.1) is 0 Å². The van der Waals surface area contributed by atoms with Crippen molar-refractivity contribution < 1.29 is 9.53 Å². The van der Waals surface area contributed by atoms with Gasteiger partial charge in [-0.1, -0.05) is 17.7 Å². The molecule has 0 bridgehead atoms. The summed E-state index contributed by atoms with van der Waals surface area (Å²) >= 11 is 6.05. The Kier molecular flexibility index (Phi) is 13.5. The van der Waals surface area contributed by atoms with Crippen molar-refractivity contribution in [2.75, 3.05) is 38.7 Å². The monoisotopic (exact) mass is 482 g/mol. The SMILES string of the molecule is CCOCCCNC(=NC)NCCC(=O)Nc1cccc(Cl)c1C.I. The lowest BCUT2D eigenvalue weighted by atomic mass is 10.2. The quantitative estimate of drug-likeness (QED) is 0.219. The fraction of sp³-hybridized carbons (Fsp3) is 0.529. The van der Waals surface area contributed by atoms with Crippen LogP contribution in [0.15, 0.2) is 23.2 Å². The summed E-state index contributed by atoms with van der Waals surface area (Å²) in [6, 6.07) is 5.46. The molecule has 0 radical (unpaired) electrons. The third-order valence-electron chi connectivity index (χ3n) is 3.37. The van der Waals surface area contributed by atoms with Gasteiger partial charge in [0, 0.05) is 50.5 Å². The van der Waals surface area contributed by atoms with Crippen molar-refractivity contribution in [3.05, 3.63) is 28.8 Å². The Balaban J connectivity index is 0.00000576. The van der Waals surface area contributed by atoms with Gasteiger partial charge < -0.3 is 20.7 Å². The number of nitrogens with zero attached hydrogens (tertiary/aromatic N) is 1. The van der Waals surface area contributed by atoms with E-state index in [1.807, 2.05) is 26.0 Å². The minimum absolute atomic E-state index is 0. The Morgan fingerprint density at radius 1 is 1.28 bits per heavy atom. The lowest BCUT2D eigenvalue weighted by Gasteiger charge is -2.12. The molecule has 0 fully saturated rings. The molecule has 0 spiro atoms. The van der Waals surface area contributed by atoms with Crippen LogP contribution in [0.25, 0.3) is 0 Å². The van der Waals surface area contributed by atoms with E-state index in [9.17, 15) is 4.79 Å². The van der Waals surface area contributed by atoms with Gasteiger partial charge in [-0.3, -0.25) is 9.79 Å². The molecule has 0 aliphatic rings. The normalized spacial score (nSPS) is 10.8. The molecule has 1 aromatic carbocycles. The molecule has 6 nitrogen and oxygen atoms in total. The van der Waals surface area contributed by atoms with Crippen LogP contribution in [0.3, 0.4) is 0 Å². The van der Waals surface area contributed by atoms with E-state index >= 15 is 0 Å². The van der Waals surface area contributed by atoms with Crippen LogP contribution in [0.2, 0.25) is 5.02 Å². The summed E-state index contributed by atoms with van der Waals surface area (Å²) in [4.78, 5) is 16.1. The molecular formula is C17H28ClIN4O2. The standard InChI is InChI=1S/C17H27ClN4O2.HI/c1-4-24-12-6-10-20-17(19-3)21-11-9-16(23)22-15-8-5-7-14(18)13(15)2;/h5,7-8H,4,6,9-12H2,1-3H3,(H,22,23)(H2,19,20,21);1H. The van der Waals surface area contributed by atoms with Gasteiger partial charge in [-0.25, -0.2) is 0 Å². The van der Waals surface area contributed by atoms with Gasteiger partial charge in [0.15, 0.2) is 5.96 Å². The van der Waals surface area contributed by atoms with E-state index in [2.05, 4.69) is 20.9 Å². The molecule has 142 valence electrons. The molecule has 8 heteroatoms. The molecule has 0 heterocycles. The van der Waals surface area contributed by atoms with E-state index < -0.39 is 0 Å². The van der Waals surface area contributed by atoms with Crippen molar-refractivity contribution in [3.8, 4) is 0 Å². The molecule has 25 heavy (non-hydrogen) atoms. The topological polar surface area (TPSA) is 74.8 Å². The fourth-order valence-corrected chi connectivity index (χ4v) is 2.17. The number of hydrogen-bond donors (Lipinski definition) is 3. The van der Waals surface area contributed by atoms with Crippen molar-refractivity contribution in [1.29, 1.82) is 0 Å². The number of aliphatic imine (C=N–C) groups is 1. The summed E-state index contributed by atoms with van der Waals surface area (Å²) in [5.74, 6) is 0.609. The van der Waals surface area contributed by atoms with Crippen molar-refractivity contribution in [3.63, 3.8) is 0 Å². The van der Waals surface area contributed by atoms with E-state index in [-0.39, 0.29) is 29.9 Å². The van der Waals surface area contributed by atoms with Gasteiger partial charge in [-0.05, 0) is 38.0 Å². The lowest BCUT2D eigenvalue weighted by molar-refractivity contribution is -0.116. The van der Waals surface area contributed by atoms with E-state index in [1.165, 1.54) is 0 Å². The van der Waals surface area contributed by atoms with E-state index in [0.717, 1.165) is 37.4 Å². The smallest absolute Gasteiger partial charge is 0.226 e. The molecule has 0 saturated carbocycles. The molecule has 0 saturated heterocycles. The molecule has 1 rings (SSSR count). The van der Waals surface area contributed by atoms with Gasteiger partial charge in [0.25, 0.3) is 0 Å². The molecule has 0 aliphatic carbocycles. The molecular weight excluding hydrogens is 455 g/mol. The number of guanidine groups is 1. The van der Waals surface area contributed by atoms with E-state index in [0.29, 0.717) is 23.9 Å². The minimum Gasteiger partial charge on any atom is -0.382 e. The molecule has 1 aromatic rings. The predicted molar refractivity (Wildman–Crippen MR) is 115 cm³/mol. The molecule has 0 atom stereocenters. The van der Waals surface area contributed by atoms with Gasteiger partial charge in [-0.2, -0.15) is 0 Å². The highest BCUT2D eigenvalue weighted by atomic mass is 127. The van der Waals surface area contributed by atoms with Crippen LogP contribution in [-0.4, -0.2) is 45.2 Å². The van der Waals surface area contributed by atoms with Crippen molar-refractivity contribution >= 4 is 53.1 Å². The zero-order chi connectivity index (χ0) is 17.8.